The number of rotatable bonds is 5. The highest BCUT2D eigenvalue weighted by Crippen LogP contribution is 2.18. The number of carbonyl (C=O) groups excluding carboxylic acids is 3. The van der Waals surface area contributed by atoms with Crippen LogP contribution in [0, 0.1) is 0 Å². The van der Waals surface area contributed by atoms with Gasteiger partial charge in [0.25, 0.3) is 5.91 Å². The number of nitrogens with one attached hydrogen (secondary N) is 1. The topological polar surface area (TPSA) is 92.3 Å². The Bertz CT molecular complexity index is 769. The van der Waals surface area contributed by atoms with Crippen molar-refractivity contribution >= 4 is 34.2 Å². The van der Waals surface area contributed by atoms with E-state index in [1.165, 1.54) is 16.2 Å². The SMILES string of the molecule is CCc1nnc(NC(=O)c2ccc(CN3C(=O)CCC3=O)cc2)s1. The van der Waals surface area contributed by atoms with E-state index < -0.39 is 0 Å². The summed E-state index contributed by atoms with van der Waals surface area (Å²) in [4.78, 5) is 36.7. The maximum atomic E-state index is 12.2. The number of benzene rings is 1. The summed E-state index contributed by atoms with van der Waals surface area (Å²) in [7, 11) is 0. The number of nitrogens with zero attached hydrogens (tertiary/aromatic N) is 3. The molecule has 3 amide bonds. The van der Waals surface area contributed by atoms with Gasteiger partial charge in [0.15, 0.2) is 0 Å². The van der Waals surface area contributed by atoms with Crippen molar-refractivity contribution in [2.24, 2.45) is 0 Å². The van der Waals surface area contributed by atoms with Gasteiger partial charge < -0.3 is 0 Å². The predicted molar refractivity (Wildman–Crippen MR) is 88.5 cm³/mol. The number of likely N-dealkylation sites (tertiary alicyclic amines) is 1. The standard InChI is InChI=1S/C16H16N4O3S/c1-2-12-18-19-16(24-12)17-15(23)11-5-3-10(4-6-11)9-20-13(21)7-8-14(20)22/h3-6H,2,7-9H2,1H3,(H,17,19,23). The van der Waals surface area contributed by atoms with Gasteiger partial charge in [-0.15, -0.1) is 10.2 Å². The third kappa shape index (κ3) is 3.48. The molecule has 1 saturated heterocycles. The van der Waals surface area contributed by atoms with Gasteiger partial charge in [-0.3, -0.25) is 24.6 Å². The molecule has 2 heterocycles. The number of aromatic nitrogens is 2. The molecule has 1 fully saturated rings. The van der Waals surface area contributed by atoms with Crippen LogP contribution in [0.1, 0.15) is 40.7 Å². The molecule has 0 radical (unpaired) electrons. The lowest BCUT2D eigenvalue weighted by atomic mass is 10.1. The molecule has 0 aliphatic carbocycles. The monoisotopic (exact) mass is 344 g/mol. The number of anilines is 1. The first kappa shape index (κ1) is 16.3. The minimum atomic E-state index is -0.270. The van der Waals surface area contributed by atoms with Crippen LogP contribution in [0.4, 0.5) is 5.13 Å². The first-order valence-electron chi connectivity index (χ1n) is 7.62. The summed E-state index contributed by atoms with van der Waals surface area (Å²) in [5, 5.41) is 11.9. The third-order valence-electron chi connectivity index (χ3n) is 3.70. The Balaban J connectivity index is 1.64. The first-order chi connectivity index (χ1) is 11.6. The second-order valence-corrected chi connectivity index (χ2v) is 6.44. The predicted octanol–water partition coefficient (Wildman–Crippen LogP) is 2.00. The van der Waals surface area contributed by atoms with Crippen LogP contribution in [-0.2, 0) is 22.6 Å². The van der Waals surface area contributed by atoms with Gasteiger partial charge in [-0.05, 0) is 24.1 Å². The van der Waals surface area contributed by atoms with Gasteiger partial charge in [-0.2, -0.15) is 0 Å². The molecule has 1 aromatic heterocycles. The molecule has 0 unspecified atom stereocenters. The number of hydrogen-bond acceptors (Lipinski definition) is 6. The molecule has 7 nitrogen and oxygen atoms in total. The van der Waals surface area contributed by atoms with E-state index in [1.54, 1.807) is 24.3 Å². The van der Waals surface area contributed by atoms with E-state index in [4.69, 9.17) is 0 Å². The maximum absolute atomic E-state index is 12.2. The molecule has 124 valence electrons. The van der Waals surface area contributed by atoms with Gasteiger partial charge in [0.2, 0.25) is 16.9 Å². The van der Waals surface area contributed by atoms with Crippen LogP contribution < -0.4 is 5.32 Å². The highest BCUT2D eigenvalue weighted by atomic mass is 32.1. The molecule has 3 rings (SSSR count). The summed E-state index contributed by atoms with van der Waals surface area (Å²) < 4.78 is 0. The summed E-state index contributed by atoms with van der Waals surface area (Å²) >= 11 is 1.34. The largest absolute Gasteiger partial charge is 0.296 e. The number of carbonyl (C=O) groups is 3. The number of aryl methyl sites for hydroxylation is 1. The van der Waals surface area contributed by atoms with Crippen LogP contribution in [0.3, 0.4) is 0 Å². The zero-order chi connectivity index (χ0) is 17.1. The highest BCUT2D eigenvalue weighted by Gasteiger charge is 2.28. The normalized spacial score (nSPS) is 14.3. The molecule has 8 heteroatoms. The second-order valence-electron chi connectivity index (χ2n) is 5.38. The first-order valence-corrected chi connectivity index (χ1v) is 8.44. The van der Waals surface area contributed by atoms with Crippen molar-refractivity contribution in [3.05, 3.63) is 40.4 Å². The van der Waals surface area contributed by atoms with Crippen LogP contribution >= 0.6 is 11.3 Å². The zero-order valence-corrected chi connectivity index (χ0v) is 13.9. The molecule has 1 aliphatic heterocycles. The van der Waals surface area contributed by atoms with Gasteiger partial charge in [0.05, 0.1) is 6.54 Å². The van der Waals surface area contributed by atoms with E-state index in [1.807, 2.05) is 6.92 Å². The summed E-state index contributed by atoms with van der Waals surface area (Å²) in [5.74, 6) is -0.566. The fourth-order valence-electron chi connectivity index (χ4n) is 2.36. The fraction of sp³-hybridized carbons (Fsp3) is 0.312. The van der Waals surface area contributed by atoms with E-state index >= 15 is 0 Å². The van der Waals surface area contributed by atoms with E-state index in [2.05, 4.69) is 15.5 Å². The van der Waals surface area contributed by atoms with Crippen molar-refractivity contribution in [3.8, 4) is 0 Å². The molecule has 0 saturated carbocycles. The Labute approximate surface area is 142 Å². The maximum Gasteiger partial charge on any atom is 0.257 e. The van der Waals surface area contributed by atoms with Gasteiger partial charge >= 0.3 is 0 Å². The zero-order valence-electron chi connectivity index (χ0n) is 13.1. The smallest absolute Gasteiger partial charge is 0.257 e. The molecule has 24 heavy (non-hydrogen) atoms. The summed E-state index contributed by atoms with van der Waals surface area (Å²) in [6.45, 7) is 2.22. The minimum Gasteiger partial charge on any atom is -0.296 e. The number of amides is 3. The Morgan fingerprint density at radius 3 is 2.42 bits per heavy atom. The molecule has 0 bridgehead atoms. The Morgan fingerprint density at radius 1 is 1.17 bits per heavy atom. The average molecular weight is 344 g/mol. The highest BCUT2D eigenvalue weighted by molar-refractivity contribution is 7.15. The van der Waals surface area contributed by atoms with Crippen molar-refractivity contribution in [1.82, 2.24) is 15.1 Å². The van der Waals surface area contributed by atoms with E-state index in [0.29, 0.717) is 10.7 Å². The molecule has 1 aromatic carbocycles. The number of imide groups is 1. The van der Waals surface area contributed by atoms with Crippen LogP contribution in [0.25, 0.3) is 0 Å². The van der Waals surface area contributed by atoms with Gasteiger partial charge in [0.1, 0.15) is 5.01 Å². The van der Waals surface area contributed by atoms with E-state index in [9.17, 15) is 14.4 Å². The van der Waals surface area contributed by atoms with Crippen LogP contribution in [-0.4, -0.2) is 32.8 Å². The molecule has 0 spiro atoms. The molecule has 1 N–H and O–H groups in total. The average Bonchev–Trinajstić information content (AvgIpc) is 3.17. The van der Waals surface area contributed by atoms with Crippen molar-refractivity contribution in [2.45, 2.75) is 32.7 Å². The third-order valence-corrected chi connectivity index (χ3v) is 4.68. The Hall–Kier alpha value is -2.61. The number of hydrogen-bond donors (Lipinski definition) is 1. The minimum absolute atomic E-state index is 0.148. The Kier molecular flexibility index (Phi) is 4.66. The summed E-state index contributed by atoms with van der Waals surface area (Å²) in [6, 6.07) is 6.81. The molecule has 0 atom stereocenters. The van der Waals surface area contributed by atoms with Crippen molar-refractivity contribution in [1.29, 1.82) is 0 Å². The van der Waals surface area contributed by atoms with Crippen molar-refractivity contribution in [2.75, 3.05) is 5.32 Å². The van der Waals surface area contributed by atoms with Crippen LogP contribution in [0.2, 0.25) is 0 Å². The summed E-state index contributed by atoms with van der Waals surface area (Å²) in [5.41, 5.74) is 1.28. The van der Waals surface area contributed by atoms with Crippen LogP contribution in [0.15, 0.2) is 24.3 Å². The molecular formula is C16H16N4O3S. The lowest BCUT2D eigenvalue weighted by molar-refractivity contribution is -0.139. The fourth-order valence-corrected chi connectivity index (χ4v) is 3.03. The van der Waals surface area contributed by atoms with Gasteiger partial charge in [-0.1, -0.05) is 30.4 Å². The quantitative estimate of drug-likeness (QED) is 0.838. The van der Waals surface area contributed by atoms with E-state index in [-0.39, 0.29) is 37.1 Å². The van der Waals surface area contributed by atoms with Crippen molar-refractivity contribution < 1.29 is 14.4 Å². The Morgan fingerprint density at radius 2 is 1.83 bits per heavy atom. The second kappa shape index (κ2) is 6.88. The van der Waals surface area contributed by atoms with Gasteiger partial charge in [0, 0.05) is 18.4 Å². The lowest BCUT2D eigenvalue weighted by Gasteiger charge is -2.13. The molecule has 1 aliphatic rings. The van der Waals surface area contributed by atoms with Gasteiger partial charge in [-0.25, -0.2) is 0 Å². The summed E-state index contributed by atoms with van der Waals surface area (Å²) in [6.07, 6.45) is 1.33. The lowest BCUT2D eigenvalue weighted by Crippen LogP contribution is -2.28. The molecular weight excluding hydrogens is 328 g/mol. The molecule has 2 aromatic rings. The van der Waals surface area contributed by atoms with Crippen molar-refractivity contribution in [3.63, 3.8) is 0 Å². The van der Waals surface area contributed by atoms with Crippen LogP contribution in [0.5, 0.6) is 0 Å². The van der Waals surface area contributed by atoms with E-state index in [0.717, 1.165) is 17.0 Å².